The molecule has 0 unspecified atom stereocenters. The fourth-order valence-electron chi connectivity index (χ4n) is 2.11. The summed E-state index contributed by atoms with van der Waals surface area (Å²) in [7, 11) is 3.65. The molecule has 2 aromatic carbocycles. The van der Waals surface area contributed by atoms with Crippen molar-refractivity contribution in [2.45, 2.75) is 20.8 Å². The van der Waals surface area contributed by atoms with Gasteiger partial charge in [0.25, 0.3) is 0 Å². The molecular weight excluding hydrogens is 224 g/mol. The maximum absolute atomic E-state index is 10.0. The number of hydrogen-bond acceptors (Lipinski definition) is 1. The molecule has 0 aliphatic carbocycles. The van der Waals surface area contributed by atoms with Crippen molar-refractivity contribution in [3.05, 3.63) is 47.0 Å². The summed E-state index contributed by atoms with van der Waals surface area (Å²) in [5.74, 6) is 0.382. The van der Waals surface area contributed by atoms with Crippen molar-refractivity contribution < 1.29 is 5.11 Å². The highest BCUT2D eigenvalue weighted by Gasteiger charge is 2.14. The maximum Gasteiger partial charge on any atom is 0.121 e. The SMILES string of the molecule is Cc1c(C)c(-c2ccccc2)c([Si])c(C)c1O. The summed E-state index contributed by atoms with van der Waals surface area (Å²) in [6, 6.07) is 10.2. The summed E-state index contributed by atoms with van der Waals surface area (Å²) < 4.78 is 0. The van der Waals surface area contributed by atoms with Gasteiger partial charge in [-0.1, -0.05) is 35.5 Å². The van der Waals surface area contributed by atoms with Crippen LogP contribution in [0.1, 0.15) is 16.7 Å². The van der Waals surface area contributed by atoms with Crippen molar-refractivity contribution in [2.24, 2.45) is 0 Å². The molecule has 3 radical (unpaired) electrons. The van der Waals surface area contributed by atoms with Crippen molar-refractivity contribution in [1.82, 2.24) is 0 Å². The number of benzene rings is 2. The third kappa shape index (κ3) is 1.89. The third-order valence-corrected chi connectivity index (χ3v) is 3.96. The molecule has 0 atom stereocenters. The predicted octanol–water partition coefficient (Wildman–Crippen LogP) is 2.78. The van der Waals surface area contributed by atoms with E-state index in [1.807, 2.05) is 39.0 Å². The van der Waals surface area contributed by atoms with Gasteiger partial charge in [0.05, 0.1) is 10.2 Å². The second kappa shape index (κ2) is 4.38. The van der Waals surface area contributed by atoms with Crippen LogP contribution < -0.4 is 5.19 Å². The molecule has 0 fully saturated rings. The van der Waals surface area contributed by atoms with Crippen LogP contribution in [-0.4, -0.2) is 15.3 Å². The molecule has 1 nitrogen and oxygen atoms in total. The van der Waals surface area contributed by atoms with E-state index in [1.165, 1.54) is 5.56 Å². The Morgan fingerprint density at radius 2 is 1.47 bits per heavy atom. The normalized spacial score (nSPS) is 10.6. The van der Waals surface area contributed by atoms with Gasteiger partial charge in [-0.25, -0.2) is 0 Å². The minimum absolute atomic E-state index is 0.382. The first-order chi connectivity index (χ1) is 8.04. The summed E-state index contributed by atoms with van der Waals surface area (Å²) in [6.07, 6.45) is 0. The van der Waals surface area contributed by atoms with Crippen LogP contribution in [-0.2, 0) is 0 Å². The van der Waals surface area contributed by atoms with Crippen LogP contribution in [0, 0.1) is 20.8 Å². The highest BCUT2D eigenvalue weighted by Crippen LogP contribution is 2.31. The van der Waals surface area contributed by atoms with Crippen LogP contribution >= 0.6 is 0 Å². The quantitative estimate of drug-likeness (QED) is 0.759. The highest BCUT2D eigenvalue weighted by molar-refractivity contribution is 6.37. The Morgan fingerprint density at radius 3 is 2.06 bits per heavy atom. The summed E-state index contributed by atoms with van der Waals surface area (Å²) in [4.78, 5) is 0. The van der Waals surface area contributed by atoms with Gasteiger partial charge in [-0.2, -0.15) is 0 Å². The van der Waals surface area contributed by atoms with Crippen LogP contribution in [0.5, 0.6) is 5.75 Å². The molecule has 85 valence electrons. The zero-order chi connectivity index (χ0) is 12.6. The topological polar surface area (TPSA) is 20.2 Å². The summed E-state index contributed by atoms with van der Waals surface area (Å²) >= 11 is 0. The molecule has 0 saturated heterocycles. The Labute approximate surface area is 106 Å². The van der Waals surface area contributed by atoms with E-state index in [-0.39, 0.29) is 0 Å². The molecule has 0 spiro atoms. The predicted molar refractivity (Wildman–Crippen MR) is 73.1 cm³/mol. The first-order valence-corrected chi connectivity index (χ1v) is 6.13. The summed E-state index contributed by atoms with van der Waals surface area (Å²) in [6.45, 7) is 5.92. The fourth-order valence-corrected chi connectivity index (χ4v) is 2.56. The number of hydrogen-bond donors (Lipinski definition) is 1. The molecule has 0 aliphatic heterocycles. The van der Waals surface area contributed by atoms with E-state index in [0.717, 1.165) is 27.4 Å². The van der Waals surface area contributed by atoms with Gasteiger partial charge in [-0.05, 0) is 48.6 Å². The molecule has 1 N–H and O–H groups in total. The minimum Gasteiger partial charge on any atom is -0.507 e. The Balaban J connectivity index is 2.80. The van der Waals surface area contributed by atoms with Crippen molar-refractivity contribution >= 4 is 15.4 Å². The van der Waals surface area contributed by atoms with Crippen LogP contribution in [0.2, 0.25) is 0 Å². The van der Waals surface area contributed by atoms with Crippen LogP contribution in [0.25, 0.3) is 11.1 Å². The molecule has 2 aromatic rings. The van der Waals surface area contributed by atoms with Gasteiger partial charge in [0.1, 0.15) is 5.75 Å². The largest absolute Gasteiger partial charge is 0.507 e. The van der Waals surface area contributed by atoms with Crippen molar-refractivity contribution in [2.75, 3.05) is 0 Å². The van der Waals surface area contributed by atoms with E-state index < -0.39 is 0 Å². The van der Waals surface area contributed by atoms with Gasteiger partial charge in [-0.15, -0.1) is 0 Å². The van der Waals surface area contributed by atoms with Gasteiger partial charge < -0.3 is 5.11 Å². The van der Waals surface area contributed by atoms with Crippen LogP contribution in [0.15, 0.2) is 30.3 Å². The molecule has 17 heavy (non-hydrogen) atoms. The zero-order valence-electron chi connectivity index (χ0n) is 10.3. The zero-order valence-corrected chi connectivity index (χ0v) is 11.3. The van der Waals surface area contributed by atoms with Crippen LogP contribution in [0.3, 0.4) is 0 Å². The van der Waals surface area contributed by atoms with Gasteiger partial charge >= 0.3 is 0 Å². The van der Waals surface area contributed by atoms with Gasteiger partial charge in [-0.3, -0.25) is 0 Å². The standard InChI is InChI=1S/C15H15OSi/c1-9-10(2)14(16)11(3)15(17)13(9)12-7-5-4-6-8-12/h4-8,16H,1-3H3. The van der Waals surface area contributed by atoms with Gasteiger partial charge in [0, 0.05) is 0 Å². The lowest BCUT2D eigenvalue weighted by Crippen LogP contribution is -2.14. The fraction of sp³-hybridized carbons (Fsp3) is 0.200. The minimum atomic E-state index is 0.382. The molecule has 0 heterocycles. The molecule has 0 bridgehead atoms. The van der Waals surface area contributed by atoms with E-state index in [2.05, 4.69) is 22.4 Å². The number of phenols is 1. The lowest BCUT2D eigenvalue weighted by atomic mass is 9.93. The molecule has 0 aliphatic rings. The smallest absolute Gasteiger partial charge is 0.121 e. The van der Waals surface area contributed by atoms with Crippen LogP contribution in [0.4, 0.5) is 0 Å². The van der Waals surface area contributed by atoms with E-state index >= 15 is 0 Å². The van der Waals surface area contributed by atoms with Crippen molar-refractivity contribution in [3.63, 3.8) is 0 Å². The summed E-state index contributed by atoms with van der Waals surface area (Å²) in [5.41, 5.74) is 5.28. The molecule has 2 heteroatoms. The Bertz CT molecular complexity index is 530. The third-order valence-electron chi connectivity index (χ3n) is 3.34. The van der Waals surface area contributed by atoms with E-state index in [1.54, 1.807) is 0 Å². The molecule has 0 amide bonds. The van der Waals surface area contributed by atoms with Gasteiger partial charge in [0.2, 0.25) is 0 Å². The molecule has 0 aromatic heterocycles. The lowest BCUT2D eigenvalue weighted by Gasteiger charge is -2.17. The molecule has 0 saturated carbocycles. The second-order valence-corrected chi connectivity index (χ2v) is 4.84. The Kier molecular flexibility index (Phi) is 3.07. The average Bonchev–Trinajstić information content (AvgIpc) is 2.36. The van der Waals surface area contributed by atoms with E-state index in [4.69, 9.17) is 0 Å². The Hall–Kier alpha value is -1.54. The maximum atomic E-state index is 10.0. The van der Waals surface area contributed by atoms with Gasteiger partial charge in [0.15, 0.2) is 0 Å². The first kappa shape index (κ1) is 11.9. The molecular formula is C15H15OSi. The number of phenolic OH excluding ortho intramolecular Hbond substituents is 1. The number of rotatable bonds is 1. The first-order valence-electron chi connectivity index (χ1n) is 5.63. The average molecular weight is 239 g/mol. The second-order valence-electron chi connectivity index (χ2n) is 4.34. The molecule has 2 rings (SSSR count). The van der Waals surface area contributed by atoms with E-state index in [9.17, 15) is 5.11 Å². The van der Waals surface area contributed by atoms with E-state index in [0.29, 0.717) is 5.75 Å². The summed E-state index contributed by atoms with van der Waals surface area (Å²) in [5, 5.41) is 11.0. The lowest BCUT2D eigenvalue weighted by molar-refractivity contribution is 0.467. The highest BCUT2D eigenvalue weighted by atomic mass is 28.1. The Morgan fingerprint density at radius 1 is 0.882 bits per heavy atom. The van der Waals surface area contributed by atoms with Crippen molar-refractivity contribution in [3.8, 4) is 16.9 Å². The van der Waals surface area contributed by atoms with Crippen molar-refractivity contribution in [1.29, 1.82) is 0 Å². The monoisotopic (exact) mass is 239 g/mol. The number of aromatic hydroxyl groups is 1.